The molecule has 0 aliphatic heterocycles. The predicted octanol–water partition coefficient (Wildman–Crippen LogP) is 4.80. The van der Waals surface area contributed by atoms with Gasteiger partial charge in [-0.3, -0.25) is 4.79 Å². The van der Waals surface area contributed by atoms with Crippen molar-refractivity contribution in [2.45, 2.75) is 19.6 Å². The number of halogens is 4. The third-order valence-corrected chi connectivity index (χ3v) is 3.94. The SMILES string of the molecule is CN(Cc1ccc(OC(F)F)cc1)C(=O)Cc1ccc(Cl)cc1Cl. The fourth-order valence-electron chi connectivity index (χ4n) is 2.10. The Morgan fingerprint density at radius 2 is 1.83 bits per heavy atom. The molecule has 0 saturated heterocycles. The monoisotopic (exact) mass is 373 g/mol. The third kappa shape index (κ3) is 5.35. The van der Waals surface area contributed by atoms with E-state index in [1.165, 1.54) is 17.0 Å². The molecule has 0 spiro atoms. The summed E-state index contributed by atoms with van der Waals surface area (Å²) < 4.78 is 28.5. The molecule has 1 amide bonds. The lowest BCUT2D eigenvalue weighted by Gasteiger charge is -2.18. The summed E-state index contributed by atoms with van der Waals surface area (Å²) in [6, 6.07) is 11.1. The second kappa shape index (κ2) is 8.31. The van der Waals surface area contributed by atoms with Gasteiger partial charge in [0.2, 0.25) is 5.91 Å². The molecular formula is C17H15Cl2F2NO2. The molecule has 0 N–H and O–H groups in total. The van der Waals surface area contributed by atoms with Gasteiger partial charge in [0.15, 0.2) is 0 Å². The van der Waals surface area contributed by atoms with Crippen LogP contribution in [-0.4, -0.2) is 24.5 Å². The molecule has 7 heteroatoms. The van der Waals surface area contributed by atoms with Gasteiger partial charge in [0.05, 0.1) is 6.42 Å². The molecule has 2 aromatic carbocycles. The number of likely N-dealkylation sites (N-methyl/N-ethyl adjacent to an activating group) is 1. The normalized spacial score (nSPS) is 10.8. The molecule has 0 aromatic heterocycles. The predicted molar refractivity (Wildman–Crippen MR) is 89.7 cm³/mol. The standard InChI is InChI=1S/C17H15Cl2F2NO2/c1-22(10-11-2-6-14(7-3-11)24-17(20)21)16(23)8-12-4-5-13(18)9-15(12)19/h2-7,9,17H,8,10H2,1H3. The van der Waals surface area contributed by atoms with Gasteiger partial charge >= 0.3 is 6.61 Å². The van der Waals surface area contributed by atoms with Crippen molar-refractivity contribution in [3.63, 3.8) is 0 Å². The molecule has 24 heavy (non-hydrogen) atoms. The maximum atomic E-state index is 12.3. The minimum Gasteiger partial charge on any atom is -0.435 e. The van der Waals surface area contributed by atoms with Crippen LogP contribution in [0.4, 0.5) is 8.78 Å². The third-order valence-electron chi connectivity index (χ3n) is 3.35. The van der Waals surface area contributed by atoms with Crippen LogP contribution in [0.2, 0.25) is 10.0 Å². The number of ether oxygens (including phenoxy) is 1. The van der Waals surface area contributed by atoms with Crippen LogP contribution in [0.1, 0.15) is 11.1 Å². The molecule has 0 saturated carbocycles. The molecule has 0 unspecified atom stereocenters. The molecule has 0 heterocycles. The first-order valence-electron chi connectivity index (χ1n) is 7.07. The Balaban J connectivity index is 1.95. The van der Waals surface area contributed by atoms with Gasteiger partial charge in [-0.2, -0.15) is 8.78 Å². The Hall–Kier alpha value is -1.85. The minimum absolute atomic E-state index is 0.0793. The highest BCUT2D eigenvalue weighted by Crippen LogP contribution is 2.22. The summed E-state index contributed by atoms with van der Waals surface area (Å²) in [6.45, 7) is -2.51. The molecule has 0 atom stereocenters. The summed E-state index contributed by atoms with van der Waals surface area (Å²) in [4.78, 5) is 13.8. The van der Waals surface area contributed by atoms with E-state index in [2.05, 4.69) is 4.74 Å². The maximum absolute atomic E-state index is 12.3. The highest BCUT2D eigenvalue weighted by Gasteiger charge is 2.13. The van der Waals surface area contributed by atoms with Gasteiger partial charge in [-0.25, -0.2) is 0 Å². The largest absolute Gasteiger partial charge is 0.435 e. The zero-order valence-corrected chi connectivity index (χ0v) is 14.3. The summed E-state index contributed by atoms with van der Waals surface area (Å²) in [7, 11) is 1.66. The van der Waals surface area contributed by atoms with E-state index in [4.69, 9.17) is 23.2 Å². The van der Waals surface area contributed by atoms with Gasteiger partial charge in [0, 0.05) is 23.6 Å². The highest BCUT2D eigenvalue weighted by molar-refractivity contribution is 6.35. The van der Waals surface area contributed by atoms with Crippen LogP contribution in [0, 0.1) is 0 Å². The van der Waals surface area contributed by atoms with Crippen molar-refractivity contribution >= 4 is 29.1 Å². The van der Waals surface area contributed by atoms with E-state index in [1.54, 1.807) is 37.4 Å². The molecule has 0 fully saturated rings. The lowest BCUT2D eigenvalue weighted by molar-refractivity contribution is -0.129. The minimum atomic E-state index is -2.86. The zero-order chi connectivity index (χ0) is 17.7. The second-order valence-corrected chi connectivity index (χ2v) is 6.03. The number of amides is 1. The molecular weight excluding hydrogens is 359 g/mol. The number of carbonyl (C=O) groups is 1. The number of hydrogen-bond donors (Lipinski definition) is 0. The van der Waals surface area contributed by atoms with Crippen molar-refractivity contribution in [1.82, 2.24) is 4.90 Å². The summed E-state index contributed by atoms with van der Waals surface area (Å²) in [5.41, 5.74) is 1.49. The first-order chi connectivity index (χ1) is 11.3. The molecule has 2 aromatic rings. The van der Waals surface area contributed by atoms with Crippen molar-refractivity contribution in [3.05, 3.63) is 63.6 Å². The lowest BCUT2D eigenvalue weighted by atomic mass is 10.1. The van der Waals surface area contributed by atoms with E-state index in [0.29, 0.717) is 22.2 Å². The number of rotatable bonds is 6. The Kier molecular flexibility index (Phi) is 6.40. The van der Waals surface area contributed by atoms with Crippen LogP contribution in [0.3, 0.4) is 0 Å². The Bertz CT molecular complexity index is 708. The van der Waals surface area contributed by atoms with Gasteiger partial charge < -0.3 is 9.64 Å². The van der Waals surface area contributed by atoms with E-state index in [0.717, 1.165) is 5.56 Å². The summed E-state index contributed by atoms with van der Waals surface area (Å²) in [6.07, 6.45) is 0.152. The van der Waals surface area contributed by atoms with Crippen LogP contribution in [-0.2, 0) is 17.8 Å². The lowest BCUT2D eigenvalue weighted by Crippen LogP contribution is -2.27. The zero-order valence-electron chi connectivity index (χ0n) is 12.8. The molecule has 2 rings (SSSR count). The molecule has 0 radical (unpaired) electrons. The van der Waals surface area contributed by atoms with Gasteiger partial charge in [-0.15, -0.1) is 0 Å². The molecule has 0 bridgehead atoms. The number of carbonyl (C=O) groups excluding carboxylic acids is 1. The van der Waals surface area contributed by atoms with Gasteiger partial charge in [-0.05, 0) is 35.4 Å². The topological polar surface area (TPSA) is 29.5 Å². The molecule has 3 nitrogen and oxygen atoms in total. The Labute approximate surface area is 148 Å². The number of hydrogen-bond acceptors (Lipinski definition) is 2. The fourth-order valence-corrected chi connectivity index (χ4v) is 2.58. The van der Waals surface area contributed by atoms with Crippen molar-refractivity contribution in [3.8, 4) is 5.75 Å². The van der Waals surface area contributed by atoms with Crippen molar-refractivity contribution in [2.75, 3.05) is 7.05 Å². The number of alkyl halides is 2. The average Bonchev–Trinajstić information content (AvgIpc) is 2.51. The summed E-state index contributed by atoms with van der Waals surface area (Å²) in [5.74, 6) is -0.0391. The maximum Gasteiger partial charge on any atom is 0.387 e. The van der Waals surface area contributed by atoms with Crippen molar-refractivity contribution in [2.24, 2.45) is 0 Å². The highest BCUT2D eigenvalue weighted by atomic mass is 35.5. The quantitative estimate of drug-likeness (QED) is 0.727. The number of nitrogens with zero attached hydrogens (tertiary/aromatic N) is 1. The van der Waals surface area contributed by atoms with Gasteiger partial charge in [0.25, 0.3) is 0 Å². The first kappa shape index (κ1) is 18.5. The van der Waals surface area contributed by atoms with Crippen molar-refractivity contribution in [1.29, 1.82) is 0 Å². The van der Waals surface area contributed by atoms with Crippen LogP contribution >= 0.6 is 23.2 Å². The number of benzene rings is 2. The summed E-state index contributed by atoms with van der Waals surface area (Å²) >= 11 is 11.9. The van der Waals surface area contributed by atoms with Crippen LogP contribution in [0.25, 0.3) is 0 Å². The van der Waals surface area contributed by atoms with Crippen LogP contribution in [0.5, 0.6) is 5.75 Å². The Morgan fingerprint density at radius 1 is 1.17 bits per heavy atom. The smallest absolute Gasteiger partial charge is 0.387 e. The van der Waals surface area contributed by atoms with E-state index in [-0.39, 0.29) is 18.1 Å². The van der Waals surface area contributed by atoms with Gasteiger partial charge in [0.1, 0.15) is 5.75 Å². The summed E-state index contributed by atoms with van der Waals surface area (Å²) in [5, 5.41) is 0.952. The van der Waals surface area contributed by atoms with Crippen LogP contribution in [0.15, 0.2) is 42.5 Å². The van der Waals surface area contributed by atoms with Crippen LogP contribution < -0.4 is 4.74 Å². The molecule has 128 valence electrons. The Morgan fingerprint density at radius 3 is 2.42 bits per heavy atom. The molecule has 0 aliphatic carbocycles. The van der Waals surface area contributed by atoms with E-state index < -0.39 is 6.61 Å². The average molecular weight is 374 g/mol. The second-order valence-electron chi connectivity index (χ2n) is 5.18. The van der Waals surface area contributed by atoms with E-state index in [9.17, 15) is 13.6 Å². The molecule has 0 aliphatic rings. The fraction of sp³-hybridized carbons (Fsp3) is 0.235. The van der Waals surface area contributed by atoms with Gasteiger partial charge in [-0.1, -0.05) is 41.4 Å². The first-order valence-corrected chi connectivity index (χ1v) is 7.82. The van der Waals surface area contributed by atoms with E-state index in [1.807, 2.05) is 0 Å². The van der Waals surface area contributed by atoms with E-state index >= 15 is 0 Å². The van der Waals surface area contributed by atoms with Crippen molar-refractivity contribution < 1.29 is 18.3 Å².